The molecule has 1 aliphatic carbocycles. The molecule has 2 nitrogen and oxygen atoms in total. The molecule has 1 aromatic carbocycles. The van der Waals surface area contributed by atoms with Gasteiger partial charge < -0.3 is 4.57 Å². The predicted molar refractivity (Wildman–Crippen MR) is 93.2 cm³/mol. The van der Waals surface area contributed by atoms with Crippen molar-refractivity contribution in [3.05, 3.63) is 27.3 Å². The summed E-state index contributed by atoms with van der Waals surface area (Å²) >= 11 is 8.11. The highest BCUT2D eigenvalue weighted by Crippen LogP contribution is 2.39. The van der Waals surface area contributed by atoms with Crippen LogP contribution >= 0.6 is 34.2 Å². The fourth-order valence-electron chi connectivity index (χ4n) is 3.64. The third-order valence-corrected chi connectivity index (χ3v) is 5.71. The Labute approximate surface area is 143 Å². The van der Waals surface area contributed by atoms with Crippen LogP contribution in [-0.2, 0) is 5.88 Å². The first-order valence-electron chi connectivity index (χ1n) is 7.43. The molecular formula is C16H19ClFIN2. The molecule has 2 aromatic rings. The summed E-state index contributed by atoms with van der Waals surface area (Å²) in [6, 6.07) is 3.80. The Morgan fingerprint density at radius 2 is 2.14 bits per heavy atom. The van der Waals surface area contributed by atoms with Gasteiger partial charge in [-0.15, -0.1) is 11.6 Å². The van der Waals surface area contributed by atoms with E-state index < -0.39 is 0 Å². The minimum Gasteiger partial charge on any atom is -0.323 e. The molecule has 0 saturated heterocycles. The van der Waals surface area contributed by atoms with Gasteiger partial charge >= 0.3 is 0 Å². The molecule has 0 N–H and O–H groups in total. The second kappa shape index (κ2) is 6.03. The number of hydrogen-bond acceptors (Lipinski definition) is 1. The quantitative estimate of drug-likeness (QED) is 0.462. The highest BCUT2D eigenvalue weighted by Gasteiger charge is 2.29. The molecule has 0 amide bonds. The van der Waals surface area contributed by atoms with Crippen molar-refractivity contribution < 1.29 is 4.39 Å². The van der Waals surface area contributed by atoms with E-state index in [-0.39, 0.29) is 5.82 Å². The van der Waals surface area contributed by atoms with Crippen LogP contribution in [0, 0.1) is 21.2 Å². The van der Waals surface area contributed by atoms with E-state index in [1.807, 2.05) is 28.7 Å². The van der Waals surface area contributed by atoms with Crippen molar-refractivity contribution in [1.29, 1.82) is 0 Å². The van der Waals surface area contributed by atoms with Gasteiger partial charge in [0.05, 0.1) is 20.5 Å². The average molecular weight is 421 g/mol. The highest BCUT2D eigenvalue weighted by atomic mass is 127. The summed E-state index contributed by atoms with van der Waals surface area (Å²) in [6.45, 7) is 4.59. The molecule has 3 rings (SSSR count). The second-order valence-corrected chi connectivity index (χ2v) is 7.68. The van der Waals surface area contributed by atoms with Crippen molar-refractivity contribution in [2.45, 2.75) is 45.0 Å². The van der Waals surface area contributed by atoms with Crippen LogP contribution in [0.2, 0.25) is 0 Å². The van der Waals surface area contributed by atoms with Crippen LogP contribution in [0.5, 0.6) is 0 Å². The summed E-state index contributed by atoms with van der Waals surface area (Å²) in [4.78, 5) is 4.62. The van der Waals surface area contributed by atoms with E-state index in [4.69, 9.17) is 11.6 Å². The van der Waals surface area contributed by atoms with Crippen LogP contribution in [0.15, 0.2) is 12.1 Å². The van der Waals surface area contributed by atoms with Crippen LogP contribution in [0.25, 0.3) is 11.0 Å². The first-order valence-corrected chi connectivity index (χ1v) is 9.04. The van der Waals surface area contributed by atoms with Crippen molar-refractivity contribution in [1.82, 2.24) is 9.55 Å². The SMILES string of the molecule is CC1CCC(n2c(CCl)nc3cc(I)c(F)cc32)C(C)C1. The monoisotopic (exact) mass is 420 g/mol. The van der Waals surface area contributed by atoms with Crippen LogP contribution in [0.4, 0.5) is 4.39 Å². The summed E-state index contributed by atoms with van der Waals surface area (Å²) in [5.74, 6) is 2.38. The van der Waals surface area contributed by atoms with E-state index in [0.717, 1.165) is 29.2 Å². The maximum absolute atomic E-state index is 14.0. The van der Waals surface area contributed by atoms with Crippen LogP contribution < -0.4 is 0 Å². The summed E-state index contributed by atoms with van der Waals surface area (Å²) in [5, 5.41) is 0. The fourth-order valence-corrected chi connectivity index (χ4v) is 4.28. The lowest BCUT2D eigenvalue weighted by Gasteiger charge is -2.34. The molecule has 0 bridgehead atoms. The van der Waals surface area contributed by atoms with Crippen molar-refractivity contribution in [3.8, 4) is 0 Å². The number of rotatable bonds is 2. The number of fused-ring (bicyclic) bond motifs is 1. The number of alkyl halides is 1. The number of nitrogens with zero attached hydrogens (tertiary/aromatic N) is 2. The fraction of sp³-hybridized carbons (Fsp3) is 0.562. The Hall–Kier alpha value is -0.360. The van der Waals surface area contributed by atoms with Gasteiger partial charge in [0.25, 0.3) is 0 Å². The minimum atomic E-state index is -0.179. The zero-order valence-corrected chi connectivity index (χ0v) is 15.2. The third-order valence-electron chi connectivity index (χ3n) is 4.64. The maximum Gasteiger partial charge on any atom is 0.138 e. The Balaban J connectivity index is 2.14. The molecular weight excluding hydrogens is 402 g/mol. The first-order chi connectivity index (χ1) is 10.0. The van der Waals surface area contributed by atoms with Gasteiger partial charge in [-0.2, -0.15) is 0 Å². The highest BCUT2D eigenvalue weighted by molar-refractivity contribution is 14.1. The summed E-state index contributed by atoms with van der Waals surface area (Å²) in [7, 11) is 0. The summed E-state index contributed by atoms with van der Waals surface area (Å²) < 4.78 is 16.8. The first kappa shape index (κ1) is 15.5. The second-order valence-electron chi connectivity index (χ2n) is 6.25. The Kier molecular flexibility index (Phi) is 4.46. The molecule has 5 heteroatoms. The van der Waals surface area contributed by atoms with Gasteiger partial charge in [-0.1, -0.05) is 13.8 Å². The third kappa shape index (κ3) is 2.81. The largest absolute Gasteiger partial charge is 0.323 e. The molecule has 3 atom stereocenters. The number of aromatic nitrogens is 2. The van der Waals surface area contributed by atoms with E-state index in [1.165, 1.54) is 12.8 Å². The zero-order chi connectivity index (χ0) is 15.1. The number of hydrogen-bond donors (Lipinski definition) is 0. The predicted octanol–water partition coefficient (Wildman–Crippen LogP) is 5.52. The van der Waals surface area contributed by atoms with Gasteiger partial charge in [0, 0.05) is 12.1 Å². The zero-order valence-electron chi connectivity index (χ0n) is 12.2. The van der Waals surface area contributed by atoms with Gasteiger partial charge in [-0.05, 0) is 59.8 Å². The minimum absolute atomic E-state index is 0.179. The molecule has 1 saturated carbocycles. The molecule has 1 fully saturated rings. The van der Waals surface area contributed by atoms with Gasteiger partial charge in [-0.25, -0.2) is 9.37 Å². The molecule has 1 heterocycles. The topological polar surface area (TPSA) is 17.8 Å². The maximum atomic E-state index is 14.0. The van der Waals surface area contributed by atoms with Gasteiger partial charge in [0.1, 0.15) is 11.6 Å². The van der Waals surface area contributed by atoms with Crippen molar-refractivity contribution in [2.24, 2.45) is 11.8 Å². The van der Waals surface area contributed by atoms with Crippen LogP contribution in [0.3, 0.4) is 0 Å². The lowest BCUT2D eigenvalue weighted by Crippen LogP contribution is -2.25. The molecule has 0 radical (unpaired) electrons. The normalized spacial score (nSPS) is 26.4. The molecule has 1 aliphatic rings. The van der Waals surface area contributed by atoms with Crippen molar-refractivity contribution >= 4 is 45.2 Å². The Morgan fingerprint density at radius 3 is 2.81 bits per heavy atom. The average Bonchev–Trinajstić information content (AvgIpc) is 2.77. The Bertz CT molecular complexity index is 670. The van der Waals surface area contributed by atoms with E-state index in [2.05, 4.69) is 23.4 Å². The van der Waals surface area contributed by atoms with Gasteiger partial charge in [0.2, 0.25) is 0 Å². The standard InChI is InChI=1S/C16H19ClFIN2/c1-9-3-4-14(10(2)5-9)21-15-6-11(18)12(19)7-13(15)20-16(21)8-17/h6-7,9-10,14H,3-5,8H2,1-2H3. The van der Waals surface area contributed by atoms with Crippen molar-refractivity contribution in [2.75, 3.05) is 0 Å². The lowest BCUT2D eigenvalue weighted by molar-refractivity contribution is 0.208. The van der Waals surface area contributed by atoms with E-state index in [0.29, 0.717) is 21.4 Å². The van der Waals surface area contributed by atoms with E-state index >= 15 is 0 Å². The van der Waals surface area contributed by atoms with Crippen LogP contribution in [0.1, 0.15) is 45.0 Å². The lowest BCUT2D eigenvalue weighted by atomic mass is 9.79. The molecule has 0 aliphatic heterocycles. The number of imidazole rings is 1. The smallest absolute Gasteiger partial charge is 0.138 e. The molecule has 1 aromatic heterocycles. The van der Waals surface area contributed by atoms with Gasteiger partial charge in [-0.3, -0.25) is 0 Å². The summed E-state index contributed by atoms with van der Waals surface area (Å²) in [6.07, 6.45) is 3.54. The molecule has 114 valence electrons. The molecule has 21 heavy (non-hydrogen) atoms. The molecule has 0 spiro atoms. The van der Waals surface area contributed by atoms with Crippen LogP contribution in [-0.4, -0.2) is 9.55 Å². The number of benzene rings is 1. The van der Waals surface area contributed by atoms with E-state index in [9.17, 15) is 4.39 Å². The molecule has 3 unspecified atom stereocenters. The Morgan fingerprint density at radius 1 is 1.38 bits per heavy atom. The van der Waals surface area contributed by atoms with Gasteiger partial charge in [0.15, 0.2) is 0 Å². The van der Waals surface area contributed by atoms with Crippen molar-refractivity contribution in [3.63, 3.8) is 0 Å². The van der Waals surface area contributed by atoms with E-state index in [1.54, 1.807) is 6.07 Å². The summed E-state index contributed by atoms with van der Waals surface area (Å²) in [5.41, 5.74) is 1.73. The number of halogens is 3.